The monoisotopic (exact) mass is 558 g/mol. The van der Waals surface area contributed by atoms with Crippen molar-refractivity contribution in [3.8, 4) is 6.07 Å². The van der Waals surface area contributed by atoms with E-state index in [9.17, 15) is 14.9 Å². The van der Waals surface area contributed by atoms with Crippen molar-refractivity contribution in [1.82, 2.24) is 10.6 Å². The van der Waals surface area contributed by atoms with E-state index in [1.54, 1.807) is 34.8 Å². The van der Waals surface area contributed by atoms with E-state index in [0.29, 0.717) is 0 Å². The van der Waals surface area contributed by atoms with Crippen molar-refractivity contribution in [3.05, 3.63) is 128 Å². The first-order valence-corrected chi connectivity index (χ1v) is 14.1. The minimum Gasteiger partial charge on any atom is -0.357 e. The van der Waals surface area contributed by atoms with Gasteiger partial charge in [-0.1, -0.05) is 60.7 Å². The summed E-state index contributed by atoms with van der Waals surface area (Å²) in [4.78, 5) is 28.9. The first kappa shape index (κ1) is 26.6. The molecule has 0 saturated carbocycles. The molecule has 0 aliphatic carbocycles. The largest absolute Gasteiger partial charge is 0.357 e. The van der Waals surface area contributed by atoms with Gasteiger partial charge < -0.3 is 10.6 Å². The highest BCUT2D eigenvalue weighted by atomic mass is 32.1. The van der Waals surface area contributed by atoms with E-state index >= 15 is 0 Å². The van der Waals surface area contributed by atoms with Crippen molar-refractivity contribution in [3.63, 3.8) is 0 Å². The summed E-state index contributed by atoms with van der Waals surface area (Å²) in [6.45, 7) is 7.95. The Hall–Kier alpha value is -5.02. The third-order valence-corrected chi connectivity index (χ3v) is 8.19. The van der Waals surface area contributed by atoms with Crippen LogP contribution in [0.3, 0.4) is 0 Å². The van der Waals surface area contributed by atoms with Gasteiger partial charge in [-0.05, 0) is 68.1 Å². The lowest BCUT2D eigenvalue weighted by Crippen LogP contribution is -2.25. The first-order chi connectivity index (χ1) is 19.6. The molecule has 0 bridgehead atoms. The summed E-state index contributed by atoms with van der Waals surface area (Å²) in [6, 6.07) is 25.2. The highest BCUT2D eigenvalue weighted by molar-refractivity contribution is 7.17. The van der Waals surface area contributed by atoms with Crippen LogP contribution in [0.25, 0.3) is 37.2 Å². The number of fused-ring (bicyclic) bond motifs is 2. The van der Waals surface area contributed by atoms with Crippen LogP contribution < -0.4 is 10.6 Å². The quantitative estimate of drug-likeness (QED) is 0.123. The van der Waals surface area contributed by atoms with Crippen LogP contribution in [0.1, 0.15) is 22.3 Å². The maximum absolute atomic E-state index is 12.7. The molecule has 3 aromatic carbocycles. The molecule has 0 saturated heterocycles. The number of hydrogen-bond acceptors (Lipinski definition) is 5. The van der Waals surface area contributed by atoms with Gasteiger partial charge in [-0.25, -0.2) is 4.85 Å². The summed E-state index contributed by atoms with van der Waals surface area (Å²) < 4.78 is 2.19. The third-order valence-electron chi connectivity index (χ3n) is 6.23. The van der Waals surface area contributed by atoms with E-state index in [1.807, 2.05) is 89.6 Å². The molecule has 0 unspecified atom stereocenters. The SMILES string of the molecule is [C-]#[N+]/C(=C\c1csc2ccccc12)C(=O)NCc1cccc(CNC(=O)/C(C#N)=C/c2csc3ccccc23)c1. The number of amides is 2. The predicted octanol–water partition coefficient (Wildman–Crippen LogP) is 6.92. The molecule has 0 aliphatic rings. The normalized spacial score (nSPS) is 11.7. The van der Waals surface area contributed by atoms with Crippen molar-refractivity contribution >= 4 is 66.8 Å². The van der Waals surface area contributed by atoms with Crippen LogP contribution >= 0.6 is 22.7 Å². The Bertz CT molecular complexity index is 1750. The Morgan fingerprint density at radius 3 is 1.93 bits per heavy atom. The minimum absolute atomic E-state index is 0.0150. The van der Waals surface area contributed by atoms with Gasteiger partial charge >= 0.3 is 0 Å². The molecule has 0 spiro atoms. The zero-order valence-electron chi connectivity index (χ0n) is 21.2. The molecule has 8 heteroatoms. The number of rotatable bonds is 8. The Balaban J connectivity index is 1.21. The lowest BCUT2D eigenvalue weighted by atomic mass is 10.1. The van der Waals surface area contributed by atoms with Gasteiger partial charge in [-0.3, -0.25) is 9.59 Å². The van der Waals surface area contributed by atoms with Gasteiger partial charge in [-0.15, -0.1) is 22.7 Å². The van der Waals surface area contributed by atoms with Crippen molar-refractivity contribution in [2.24, 2.45) is 0 Å². The van der Waals surface area contributed by atoms with Crippen LogP contribution in [0.2, 0.25) is 0 Å². The van der Waals surface area contributed by atoms with Crippen LogP contribution in [0, 0.1) is 17.9 Å². The van der Waals surface area contributed by atoms with E-state index in [1.165, 1.54) is 0 Å². The molecule has 2 aromatic heterocycles. The second-order valence-electron chi connectivity index (χ2n) is 8.87. The van der Waals surface area contributed by atoms with Crippen LogP contribution in [0.5, 0.6) is 0 Å². The molecule has 6 nitrogen and oxygen atoms in total. The lowest BCUT2D eigenvalue weighted by molar-refractivity contribution is -0.118. The number of nitrogens with zero attached hydrogens (tertiary/aromatic N) is 2. The first-order valence-electron chi connectivity index (χ1n) is 12.3. The maximum atomic E-state index is 12.7. The highest BCUT2D eigenvalue weighted by Crippen LogP contribution is 2.28. The van der Waals surface area contributed by atoms with Crippen molar-refractivity contribution in [2.75, 3.05) is 0 Å². The summed E-state index contributed by atoms with van der Waals surface area (Å²) >= 11 is 3.14. The molecular weight excluding hydrogens is 537 g/mol. The van der Waals surface area contributed by atoms with Gasteiger partial charge in [0.15, 0.2) is 0 Å². The number of nitrogens with one attached hydrogen (secondary N) is 2. The summed E-state index contributed by atoms with van der Waals surface area (Å²) in [6.07, 6.45) is 3.23. The zero-order chi connectivity index (χ0) is 27.9. The minimum atomic E-state index is -0.454. The fourth-order valence-corrected chi connectivity index (χ4v) is 6.06. The number of benzene rings is 3. The lowest BCUT2D eigenvalue weighted by Gasteiger charge is -2.08. The van der Waals surface area contributed by atoms with Crippen LogP contribution in [-0.4, -0.2) is 11.8 Å². The van der Waals surface area contributed by atoms with Gasteiger partial charge in [-0.2, -0.15) is 5.26 Å². The van der Waals surface area contributed by atoms with Gasteiger partial charge in [0.1, 0.15) is 11.6 Å². The molecule has 2 N–H and O–H groups in total. The zero-order valence-corrected chi connectivity index (χ0v) is 22.8. The summed E-state index contributed by atoms with van der Waals surface area (Å²) in [5, 5.41) is 21.1. The highest BCUT2D eigenvalue weighted by Gasteiger charge is 2.13. The summed E-state index contributed by atoms with van der Waals surface area (Å²) in [5.74, 6) is -0.905. The average Bonchev–Trinajstić information content (AvgIpc) is 3.60. The van der Waals surface area contributed by atoms with Gasteiger partial charge in [0.25, 0.3) is 17.5 Å². The second kappa shape index (κ2) is 12.2. The average molecular weight is 559 g/mol. The Morgan fingerprint density at radius 1 is 0.800 bits per heavy atom. The van der Waals surface area contributed by atoms with Crippen LogP contribution in [0.15, 0.2) is 94.8 Å². The number of thiophene rings is 2. The van der Waals surface area contributed by atoms with Gasteiger partial charge in [0.05, 0.1) is 6.57 Å². The number of carbonyl (C=O) groups excluding carboxylic acids is 2. The van der Waals surface area contributed by atoms with Crippen LogP contribution in [0.4, 0.5) is 0 Å². The van der Waals surface area contributed by atoms with Crippen molar-refractivity contribution in [2.45, 2.75) is 13.1 Å². The molecule has 5 aromatic rings. The molecule has 0 atom stereocenters. The van der Waals surface area contributed by atoms with E-state index < -0.39 is 11.8 Å². The summed E-state index contributed by atoms with van der Waals surface area (Å²) in [7, 11) is 0. The molecule has 194 valence electrons. The third kappa shape index (κ3) is 6.00. The standard InChI is InChI=1S/C32H22N4O2S2/c1-34-28(15-25-20-40-30-12-5-3-10-27(25)30)32(38)36-18-22-8-6-7-21(13-22)17-35-31(37)23(16-33)14-24-19-39-29-11-4-2-9-26(24)29/h2-15,19-20H,17-18H2,(H,35,37)(H,36,38)/b23-14+,28-15-. The smallest absolute Gasteiger partial charge is 0.262 e. The fraction of sp³-hybridized carbons (Fsp3) is 0.0625. The van der Waals surface area contributed by atoms with E-state index in [2.05, 4.69) is 15.5 Å². The molecule has 2 heterocycles. The molecule has 5 rings (SSSR count). The molecule has 2 amide bonds. The Labute approximate surface area is 239 Å². The van der Waals surface area contributed by atoms with Crippen LogP contribution in [-0.2, 0) is 22.7 Å². The Kier molecular flexibility index (Phi) is 8.13. The Morgan fingerprint density at radius 2 is 1.35 bits per heavy atom. The fourth-order valence-electron chi connectivity index (χ4n) is 4.22. The predicted molar refractivity (Wildman–Crippen MR) is 162 cm³/mol. The van der Waals surface area contributed by atoms with Gasteiger partial charge in [0, 0.05) is 22.5 Å². The molecular formula is C32H22N4O2S2. The van der Waals surface area contributed by atoms with E-state index in [0.717, 1.165) is 42.4 Å². The number of carbonyl (C=O) groups is 2. The second-order valence-corrected chi connectivity index (χ2v) is 10.7. The number of hydrogen-bond donors (Lipinski definition) is 2. The van der Waals surface area contributed by atoms with Gasteiger partial charge in [0.2, 0.25) is 0 Å². The molecule has 0 radical (unpaired) electrons. The van der Waals surface area contributed by atoms with E-state index in [-0.39, 0.29) is 24.4 Å². The summed E-state index contributed by atoms with van der Waals surface area (Å²) in [5.41, 5.74) is 3.38. The maximum Gasteiger partial charge on any atom is 0.262 e. The van der Waals surface area contributed by atoms with Crippen molar-refractivity contribution < 1.29 is 9.59 Å². The van der Waals surface area contributed by atoms with Crippen molar-refractivity contribution in [1.29, 1.82) is 5.26 Å². The number of nitriles is 1. The van der Waals surface area contributed by atoms with E-state index in [4.69, 9.17) is 6.57 Å². The molecule has 40 heavy (non-hydrogen) atoms. The topological polar surface area (TPSA) is 86.3 Å². The molecule has 0 fully saturated rings. The molecule has 0 aliphatic heterocycles.